The van der Waals surface area contributed by atoms with Crippen molar-refractivity contribution in [2.24, 2.45) is 0 Å². The molecule has 3 aromatic rings. The van der Waals surface area contributed by atoms with Crippen LogP contribution >= 0.6 is 0 Å². The zero-order valence-electron chi connectivity index (χ0n) is 23.7. The van der Waals surface area contributed by atoms with Crippen molar-refractivity contribution in [1.82, 2.24) is 9.80 Å². The maximum absolute atomic E-state index is 13.3. The summed E-state index contributed by atoms with van der Waals surface area (Å²) in [7, 11) is 0. The van der Waals surface area contributed by atoms with E-state index in [4.69, 9.17) is 13.9 Å². The molecule has 1 aliphatic heterocycles. The Hall–Kier alpha value is -3.91. The molecule has 0 N–H and O–H groups in total. The second-order valence-corrected chi connectivity index (χ2v) is 11.2. The highest BCUT2D eigenvalue weighted by Crippen LogP contribution is 2.23. The van der Waals surface area contributed by atoms with Gasteiger partial charge in [-0.15, -0.1) is 0 Å². The largest absolute Gasteiger partial charge is 0.482 e. The van der Waals surface area contributed by atoms with Crippen molar-refractivity contribution in [2.75, 3.05) is 26.2 Å². The van der Waals surface area contributed by atoms with Crippen molar-refractivity contribution in [1.29, 1.82) is 0 Å². The maximum atomic E-state index is 13.3. The Bertz CT molecular complexity index is 1340. The van der Waals surface area contributed by atoms with Gasteiger partial charge < -0.3 is 18.8 Å². The molecule has 0 bridgehead atoms. The van der Waals surface area contributed by atoms with E-state index in [0.29, 0.717) is 37.5 Å². The number of hydrogen-bond donors (Lipinski definition) is 0. The molecule has 1 saturated heterocycles. The molecule has 4 rings (SSSR count). The predicted molar refractivity (Wildman–Crippen MR) is 152 cm³/mol. The van der Waals surface area contributed by atoms with E-state index in [1.54, 1.807) is 17.0 Å². The van der Waals surface area contributed by atoms with Crippen LogP contribution in [0.25, 0.3) is 0 Å². The van der Waals surface area contributed by atoms with Gasteiger partial charge in [0.25, 0.3) is 5.91 Å². The van der Waals surface area contributed by atoms with Crippen LogP contribution in [0, 0.1) is 0 Å². The smallest absolute Gasteiger partial charge is 0.303 e. The van der Waals surface area contributed by atoms with E-state index < -0.39 is 12.1 Å². The third kappa shape index (κ3) is 7.82. The fraction of sp³-hybridized carbons (Fsp3) is 0.406. The molecule has 0 aliphatic carbocycles. The number of carbonyl (C=O) groups excluding carboxylic acids is 2. The maximum Gasteiger partial charge on any atom is 0.303 e. The van der Waals surface area contributed by atoms with Crippen molar-refractivity contribution < 1.29 is 23.5 Å². The molecule has 212 valence electrons. The lowest BCUT2D eigenvalue weighted by molar-refractivity contribution is -0.159. The molecule has 2 heterocycles. The van der Waals surface area contributed by atoms with Crippen LogP contribution in [0.5, 0.6) is 5.75 Å². The van der Waals surface area contributed by atoms with Gasteiger partial charge in [-0.3, -0.25) is 19.3 Å². The number of esters is 1. The first-order valence-corrected chi connectivity index (χ1v) is 13.7. The van der Waals surface area contributed by atoms with Crippen LogP contribution in [0.2, 0.25) is 0 Å². The summed E-state index contributed by atoms with van der Waals surface area (Å²) >= 11 is 0. The Morgan fingerprint density at radius 2 is 1.70 bits per heavy atom. The minimum atomic E-state index is -0.966. The summed E-state index contributed by atoms with van der Waals surface area (Å²) in [5.74, 6) is -0.0219. The average molecular weight is 547 g/mol. The van der Waals surface area contributed by atoms with Crippen LogP contribution in [0.4, 0.5) is 0 Å². The molecular formula is C32H38N2O6. The van der Waals surface area contributed by atoms with Gasteiger partial charge in [-0.05, 0) is 23.0 Å². The van der Waals surface area contributed by atoms with E-state index in [9.17, 15) is 14.4 Å². The van der Waals surface area contributed by atoms with E-state index >= 15 is 0 Å². The lowest BCUT2D eigenvalue weighted by atomic mass is 9.87. The number of nitrogens with zero attached hydrogens (tertiary/aromatic N) is 2. The molecule has 1 aromatic heterocycles. The van der Waals surface area contributed by atoms with Crippen LogP contribution < -0.4 is 10.2 Å². The van der Waals surface area contributed by atoms with Gasteiger partial charge in [0.1, 0.15) is 18.6 Å². The number of hydrogen-bond acceptors (Lipinski definition) is 7. The summed E-state index contributed by atoms with van der Waals surface area (Å²) in [6, 6.07) is 18.7. The number of rotatable bonds is 8. The lowest BCUT2D eigenvalue weighted by Gasteiger charge is -2.26. The van der Waals surface area contributed by atoms with Gasteiger partial charge in [-0.1, -0.05) is 75.4 Å². The molecule has 1 aliphatic rings. The van der Waals surface area contributed by atoms with Gasteiger partial charge >= 0.3 is 5.97 Å². The Morgan fingerprint density at radius 3 is 2.35 bits per heavy atom. The zero-order valence-corrected chi connectivity index (χ0v) is 23.7. The standard InChI is InChI=1S/C32H38N2O6/c1-23(35)40-30(25-9-6-5-7-10-25)31(37)34-16-8-15-33(17-18-34)20-27-19-28(36)29(22-38-27)39-21-24-11-13-26(14-12-24)32(2,3)4/h5-7,9-14,19,22,30H,8,15-18,20-21H2,1-4H3. The minimum Gasteiger partial charge on any atom is -0.482 e. The second kappa shape index (κ2) is 13.0. The predicted octanol–water partition coefficient (Wildman–Crippen LogP) is 4.86. The summed E-state index contributed by atoms with van der Waals surface area (Å²) in [6.07, 6.45) is 1.15. The van der Waals surface area contributed by atoms with Crippen LogP contribution in [0.3, 0.4) is 0 Å². The summed E-state index contributed by atoms with van der Waals surface area (Å²) < 4.78 is 16.9. The Labute approximate surface area is 235 Å². The molecule has 8 nitrogen and oxygen atoms in total. The first kappa shape index (κ1) is 29.1. The van der Waals surface area contributed by atoms with E-state index in [1.807, 2.05) is 30.3 Å². The van der Waals surface area contributed by atoms with E-state index in [-0.39, 0.29) is 29.1 Å². The topological polar surface area (TPSA) is 89.3 Å². The lowest BCUT2D eigenvalue weighted by Crippen LogP contribution is -2.39. The van der Waals surface area contributed by atoms with Gasteiger partial charge in [-0.2, -0.15) is 0 Å². The van der Waals surface area contributed by atoms with Crippen molar-refractivity contribution in [2.45, 2.75) is 58.8 Å². The highest BCUT2D eigenvalue weighted by Gasteiger charge is 2.30. The molecule has 40 heavy (non-hydrogen) atoms. The molecule has 0 saturated carbocycles. The fourth-order valence-corrected chi connectivity index (χ4v) is 4.68. The molecule has 1 unspecified atom stereocenters. The molecule has 1 atom stereocenters. The zero-order chi connectivity index (χ0) is 28.7. The summed E-state index contributed by atoms with van der Waals surface area (Å²) in [5, 5.41) is 0. The van der Waals surface area contributed by atoms with E-state index in [1.165, 1.54) is 24.8 Å². The molecular weight excluding hydrogens is 508 g/mol. The van der Waals surface area contributed by atoms with E-state index in [0.717, 1.165) is 18.5 Å². The van der Waals surface area contributed by atoms with Gasteiger partial charge in [0.2, 0.25) is 17.3 Å². The molecule has 1 amide bonds. The van der Waals surface area contributed by atoms with Crippen molar-refractivity contribution in [3.8, 4) is 5.75 Å². The third-order valence-corrected chi connectivity index (χ3v) is 6.96. The van der Waals surface area contributed by atoms with Crippen molar-refractivity contribution in [3.05, 3.63) is 99.6 Å². The first-order chi connectivity index (χ1) is 19.1. The molecule has 0 radical (unpaired) electrons. The summed E-state index contributed by atoms with van der Waals surface area (Å²) in [6.45, 7) is 10.9. The van der Waals surface area contributed by atoms with Crippen LogP contribution in [0.15, 0.2) is 76.1 Å². The number of carbonyl (C=O) groups is 2. The van der Waals surface area contributed by atoms with Crippen LogP contribution in [-0.2, 0) is 32.9 Å². The van der Waals surface area contributed by atoms with Crippen LogP contribution in [-0.4, -0.2) is 47.9 Å². The van der Waals surface area contributed by atoms with Gasteiger partial charge in [0.15, 0.2) is 0 Å². The normalized spacial score (nSPS) is 15.2. The van der Waals surface area contributed by atoms with Crippen molar-refractivity contribution in [3.63, 3.8) is 0 Å². The quantitative estimate of drug-likeness (QED) is 0.373. The number of ether oxygens (including phenoxy) is 2. The summed E-state index contributed by atoms with van der Waals surface area (Å²) in [5.41, 5.74) is 2.71. The van der Waals surface area contributed by atoms with Gasteiger partial charge in [-0.25, -0.2) is 0 Å². The molecule has 1 fully saturated rings. The van der Waals surface area contributed by atoms with E-state index in [2.05, 4.69) is 37.8 Å². The first-order valence-electron chi connectivity index (χ1n) is 13.7. The number of amides is 1. The second-order valence-electron chi connectivity index (χ2n) is 11.2. The van der Waals surface area contributed by atoms with Crippen LogP contribution in [0.1, 0.15) is 62.7 Å². The van der Waals surface area contributed by atoms with Gasteiger partial charge in [0, 0.05) is 44.7 Å². The molecule has 0 spiro atoms. The average Bonchev–Trinajstić information content (AvgIpc) is 3.16. The van der Waals surface area contributed by atoms with Crippen molar-refractivity contribution >= 4 is 11.9 Å². The van der Waals surface area contributed by atoms with Gasteiger partial charge in [0.05, 0.1) is 6.54 Å². The summed E-state index contributed by atoms with van der Waals surface area (Å²) in [4.78, 5) is 41.6. The number of benzene rings is 2. The third-order valence-electron chi connectivity index (χ3n) is 6.96. The Kier molecular flexibility index (Phi) is 9.42. The monoisotopic (exact) mass is 546 g/mol. The molecule has 8 heteroatoms. The molecule has 2 aromatic carbocycles. The highest BCUT2D eigenvalue weighted by molar-refractivity contribution is 5.84. The Balaban J connectivity index is 1.33. The SMILES string of the molecule is CC(=O)OC(C(=O)N1CCCN(Cc2cc(=O)c(OCc3ccc(C(C)(C)C)cc3)co2)CC1)c1ccccc1. The Morgan fingerprint density at radius 1 is 0.975 bits per heavy atom. The minimum absolute atomic E-state index is 0.0754. The fourth-order valence-electron chi connectivity index (χ4n) is 4.68. The highest BCUT2D eigenvalue weighted by atomic mass is 16.5.